The minimum absolute atomic E-state index is 0.0663. The molecule has 0 heterocycles. The molecular formula is C14H16BrNO5. The Morgan fingerprint density at radius 2 is 1.95 bits per heavy atom. The first-order valence-electron chi connectivity index (χ1n) is 6.33. The molecule has 6 nitrogen and oxygen atoms in total. The fourth-order valence-electron chi connectivity index (χ4n) is 1.76. The van der Waals surface area contributed by atoms with Gasteiger partial charge in [0.05, 0.1) is 5.56 Å². The minimum atomic E-state index is -1.18. The molecule has 0 aromatic heterocycles. The van der Waals surface area contributed by atoms with Crippen LogP contribution in [-0.2, 0) is 9.59 Å². The molecule has 0 saturated carbocycles. The van der Waals surface area contributed by atoms with Crippen molar-refractivity contribution in [3.63, 3.8) is 0 Å². The summed E-state index contributed by atoms with van der Waals surface area (Å²) in [7, 11) is 0. The summed E-state index contributed by atoms with van der Waals surface area (Å²) in [6.45, 7) is 1.82. The summed E-state index contributed by atoms with van der Waals surface area (Å²) in [6, 6.07) is 4.08. The van der Waals surface area contributed by atoms with Crippen LogP contribution < -0.4 is 5.32 Å². The standard InChI is InChI=1S/C14H16BrNO5/c1-8-5-6-10(15)9(7-8)13(19)16-11(14(20)21)3-2-4-12(17)18/h5-7,11H,2-4H2,1H3,(H,16,19)(H,17,18)(H,20,21)/t11-/m1/s1. The zero-order valence-corrected chi connectivity index (χ0v) is 13.0. The highest BCUT2D eigenvalue weighted by atomic mass is 79.9. The van der Waals surface area contributed by atoms with E-state index in [0.29, 0.717) is 10.0 Å². The maximum Gasteiger partial charge on any atom is 0.326 e. The number of aliphatic carboxylic acids is 2. The first-order valence-corrected chi connectivity index (χ1v) is 7.12. The Bertz CT molecular complexity index is 558. The molecule has 0 spiro atoms. The highest BCUT2D eigenvalue weighted by molar-refractivity contribution is 9.10. The van der Waals surface area contributed by atoms with Crippen molar-refractivity contribution in [2.45, 2.75) is 32.2 Å². The molecule has 1 rings (SSSR count). The number of halogens is 1. The van der Waals surface area contributed by atoms with Crippen molar-refractivity contribution in [1.29, 1.82) is 0 Å². The van der Waals surface area contributed by atoms with Gasteiger partial charge in [-0.25, -0.2) is 4.79 Å². The van der Waals surface area contributed by atoms with Gasteiger partial charge in [0.15, 0.2) is 0 Å². The first kappa shape index (κ1) is 17.2. The summed E-state index contributed by atoms with van der Waals surface area (Å²) in [5.41, 5.74) is 1.22. The Kier molecular flexibility index (Phi) is 6.36. The number of nitrogens with one attached hydrogen (secondary N) is 1. The van der Waals surface area contributed by atoms with Crippen molar-refractivity contribution >= 4 is 33.8 Å². The second kappa shape index (κ2) is 7.78. The number of carbonyl (C=O) groups is 3. The third-order valence-electron chi connectivity index (χ3n) is 2.85. The SMILES string of the molecule is Cc1ccc(Br)c(C(=O)N[C@H](CCCC(=O)O)C(=O)O)c1. The van der Waals surface area contributed by atoms with Gasteiger partial charge in [0.1, 0.15) is 6.04 Å². The van der Waals surface area contributed by atoms with E-state index in [1.807, 2.05) is 13.0 Å². The van der Waals surface area contributed by atoms with Gasteiger partial charge in [0.2, 0.25) is 0 Å². The molecule has 0 aliphatic heterocycles. The summed E-state index contributed by atoms with van der Waals surface area (Å²) >= 11 is 3.24. The zero-order valence-electron chi connectivity index (χ0n) is 11.4. The molecule has 0 aliphatic carbocycles. The molecule has 1 aromatic carbocycles. The summed E-state index contributed by atoms with van der Waals surface area (Å²) in [5, 5.41) is 20.0. The fourth-order valence-corrected chi connectivity index (χ4v) is 2.19. The molecule has 1 atom stereocenters. The number of hydrogen-bond donors (Lipinski definition) is 3. The van der Waals surface area contributed by atoms with Gasteiger partial charge in [-0.15, -0.1) is 0 Å². The normalized spacial score (nSPS) is 11.7. The monoisotopic (exact) mass is 357 g/mol. The number of carbonyl (C=O) groups excluding carboxylic acids is 1. The molecule has 0 bridgehead atoms. The van der Waals surface area contributed by atoms with E-state index in [2.05, 4.69) is 21.2 Å². The van der Waals surface area contributed by atoms with Gasteiger partial charge in [0.25, 0.3) is 5.91 Å². The highest BCUT2D eigenvalue weighted by Crippen LogP contribution is 2.18. The van der Waals surface area contributed by atoms with E-state index in [9.17, 15) is 14.4 Å². The maximum atomic E-state index is 12.1. The predicted molar refractivity (Wildman–Crippen MR) is 79.3 cm³/mol. The van der Waals surface area contributed by atoms with Crippen LogP contribution in [0.1, 0.15) is 35.2 Å². The van der Waals surface area contributed by atoms with Crippen molar-refractivity contribution in [2.24, 2.45) is 0 Å². The quantitative estimate of drug-likeness (QED) is 0.693. The van der Waals surface area contributed by atoms with Gasteiger partial charge < -0.3 is 15.5 Å². The van der Waals surface area contributed by atoms with Crippen LogP contribution in [0.3, 0.4) is 0 Å². The molecule has 1 aromatic rings. The van der Waals surface area contributed by atoms with Crippen LogP contribution in [0.25, 0.3) is 0 Å². The van der Waals surface area contributed by atoms with E-state index in [0.717, 1.165) is 5.56 Å². The Morgan fingerprint density at radius 1 is 1.29 bits per heavy atom. The lowest BCUT2D eigenvalue weighted by atomic mass is 10.1. The van der Waals surface area contributed by atoms with Crippen molar-refractivity contribution in [3.8, 4) is 0 Å². The van der Waals surface area contributed by atoms with Crippen LogP contribution in [0.5, 0.6) is 0 Å². The average Bonchev–Trinajstić information content (AvgIpc) is 2.39. The third-order valence-corrected chi connectivity index (χ3v) is 3.54. The molecule has 0 aliphatic rings. The predicted octanol–water partition coefficient (Wildman–Crippen LogP) is 2.20. The Labute approximate surface area is 130 Å². The van der Waals surface area contributed by atoms with Crippen LogP contribution >= 0.6 is 15.9 Å². The molecule has 7 heteroatoms. The van der Waals surface area contributed by atoms with Crippen LogP contribution in [0.2, 0.25) is 0 Å². The Morgan fingerprint density at radius 3 is 2.52 bits per heavy atom. The van der Waals surface area contributed by atoms with Crippen molar-refractivity contribution < 1.29 is 24.6 Å². The molecule has 21 heavy (non-hydrogen) atoms. The van der Waals surface area contributed by atoms with Crippen molar-refractivity contribution in [2.75, 3.05) is 0 Å². The van der Waals surface area contributed by atoms with Gasteiger partial charge in [-0.2, -0.15) is 0 Å². The maximum absolute atomic E-state index is 12.1. The topological polar surface area (TPSA) is 104 Å². The minimum Gasteiger partial charge on any atom is -0.481 e. The second-order valence-corrected chi connectivity index (χ2v) is 5.49. The van der Waals surface area contributed by atoms with E-state index in [-0.39, 0.29) is 19.3 Å². The van der Waals surface area contributed by atoms with Crippen LogP contribution in [-0.4, -0.2) is 34.1 Å². The van der Waals surface area contributed by atoms with Crippen LogP contribution in [0.15, 0.2) is 22.7 Å². The van der Waals surface area contributed by atoms with Crippen LogP contribution in [0.4, 0.5) is 0 Å². The van der Waals surface area contributed by atoms with E-state index in [1.165, 1.54) is 0 Å². The Hall–Kier alpha value is -1.89. The number of hydrogen-bond acceptors (Lipinski definition) is 3. The highest BCUT2D eigenvalue weighted by Gasteiger charge is 2.21. The average molecular weight is 358 g/mol. The molecule has 3 N–H and O–H groups in total. The number of carboxylic acid groups (broad SMARTS) is 2. The zero-order chi connectivity index (χ0) is 16.0. The number of carboxylic acids is 2. The van der Waals surface area contributed by atoms with Crippen molar-refractivity contribution in [3.05, 3.63) is 33.8 Å². The van der Waals surface area contributed by atoms with Crippen molar-refractivity contribution in [1.82, 2.24) is 5.32 Å². The second-order valence-electron chi connectivity index (χ2n) is 4.63. The molecule has 0 saturated heterocycles. The van der Waals surface area contributed by atoms with E-state index in [1.54, 1.807) is 12.1 Å². The van der Waals surface area contributed by atoms with Crippen LogP contribution in [0, 0.1) is 6.92 Å². The number of aryl methyl sites for hydroxylation is 1. The van der Waals surface area contributed by atoms with Gasteiger partial charge >= 0.3 is 11.9 Å². The smallest absolute Gasteiger partial charge is 0.326 e. The number of amides is 1. The summed E-state index contributed by atoms with van der Waals surface area (Å²) < 4.78 is 0.570. The molecule has 0 unspecified atom stereocenters. The van der Waals surface area contributed by atoms with Gasteiger partial charge in [-0.3, -0.25) is 9.59 Å². The third kappa shape index (κ3) is 5.55. The molecule has 0 radical (unpaired) electrons. The van der Waals surface area contributed by atoms with E-state index >= 15 is 0 Å². The van der Waals surface area contributed by atoms with Gasteiger partial charge in [-0.1, -0.05) is 11.6 Å². The molecular weight excluding hydrogens is 342 g/mol. The fraction of sp³-hybridized carbons (Fsp3) is 0.357. The first-order chi connectivity index (χ1) is 9.81. The molecule has 114 valence electrons. The lowest BCUT2D eigenvalue weighted by Gasteiger charge is -2.15. The summed E-state index contributed by atoms with van der Waals surface area (Å²) in [6.07, 6.45) is 0.117. The van der Waals surface area contributed by atoms with Gasteiger partial charge in [0, 0.05) is 10.9 Å². The summed E-state index contributed by atoms with van der Waals surface area (Å²) in [4.78, 5) is 33.7. The molecule has 0 fully saturated rings. The summed E-state index contributed by atoms with van der Waals surface area (Å²) in [5.74, 6) is -2.68. The lowest BCUT2D eigenvalue weighted by Crippen LogP contribution is -2.41. The molecule has 1 amide bonds. The number of rotatable bonds is 7. The van der Waals surface area contributed by atoms with E-state index < -0.39 is 23.9 Å². The number of benzene rings is 1. The lowest BCUT2D eigenvalue weighted by molar-refractivity contribution is -0.140. The van der Waals surface area contributed by atoms with E-state index in [4.69, 9.17) is 10.2 Å². The largest absolute Gasteiger partial charge is 0.481 e. The van der Waals surface area contributed by atoms with Gasteiger partial charge in [-0.05, 0) is 47.8 Å². The Balaban J connectivity index is 2.74.